The van der Waals surface area contributed by atoms with E-state index in [2.05, 4.69) is 25.8 Å². The molecule has 1 aromatic rings. The first-order valence-electron chi connectivity index (χ1n) is 5.64. The van der Waals surface area contributed by atoms with E-state index >= 15 is 0 Å². The van der Waals surface area contributed by atoms with Gasteiger partial charge in [-0.2, -0.15) is 0 Å². The smallest absolute Gasteiger partial charge is 0.212 e. The molecule has 1 heterocycles. The molecule has 90 valence electrons. The van der Waals surface area contributed by atoms with Crippen molar-refractivity contribution in [1.82, 2.24) is 4.98 Å². The average molecular weight is 223 g/mol. The summed E-state index contributed by atoms with van der Waals surface area (Å²) in [5, 5.41) is 0. The predicted octanol–water partition coefficient (Wildman–Crippen LogP) is 2.84. The molecular weight excluding hydrogens is 202 g/mol. The highest BCUT2D eigenvalue weighted by atomic mass is 16.5. The van der Waals surface area contributed by atoms with Gasteiger partial charge in [-0.05, 0) is 39.2 Å². The number of nitrogens with zero attached hydrogens (tertiary/aromatic N) is 1. The molecule has 0 atom stereocenters. The monoisotopic (exact) mass is 223 g/mol. The Kier molecular flexibility index (Phi) is 4.74. The second-order valence-electron chi connectivity index (χ2n) is 4.77. The molecule has 0 aliphatic heterocycles. The number of methoxy groups -OCH3 is 1. The minimum atomic E-state index is -0.0435. The molecular formula is C13H21NO2. The quantitative estimate of drug-likeness (QED) is 0.719. The van der Waals surface area contributed by atoms with E-state index in [9.17, 15) is 0 Å². The van der Waals surface area contributed by atoms with Crippen LogP contribution in [0.2, 0.25) is 0 Å². The fraction of sp³-hybridized carbons (Fsp3) is 0.615. The fourth-order valence-electron chi connectivity index (χ4n) is 1.33. The lowest BCUT2D eigenvalue weighted by atomic mass is 10.1. The Morgan fingerprint density at radius 2 is 2.00 bits per heavy atom. The zero-order chi connectivity index (χ0) is 12.0. The molecule has 16 heavy (non-hydrogen) atoms. The largest absolute Gasteiger partial charge is 0.481 e. The van der Waals surface area contributed by atoms with Gasteiger partial charge in [0.1, 0.15) is 0 Å². The fourth-order valence-corrected chi connectivity index (χ4v) is 1.33. The molecule has 0 radical (unpaired) electrons. The topological polar surface area (TPSA) is 31.4 Å². The van der Waals surface area contributed by atoms with Crippen LogP contribution in [0.4, 0.5) is 0 Å². The second kappa shape index (κ2) is 5.85. The Morgan fingerprint density at radius 3 is 2.50 bits per heavy atom. The molecule has 0 saturated carbocycles. The number of aromatic nitrogens is 1. The Bertz CT molecular complexity index is 301. The van der Waals surface area contributed by atoms with Crippen LogP contribution in [-0.2, 0) is 11.2 Å². The Labute approximate surface area is 97.8 Å². The zero-order valence-electron chi connectivity index (χ0n) is 10.6. The number of hydrogen-bond donors (Lipinski definition) is 0. The number of aryl methyl sites for hydroxylation is 1. The molecule has 0 spiro atoms. The van der Waals surface area contributed by atoms with E-state index < -0.39 is 0 Å². The van der Waals surface area contributed by atoms with E-state index in [1.54, 1.807) is 7.11 Å². The third-order valence-corrected chi connectivity index (χ3v) is 2.15. The predicted molar refractivity (Wildman–Crippen MR) is 64.8 cm³/mol. The zero-order valence-corrected chi connectivity index (χ0v) is 10.6. The van der Waals surface area contributed by atoms with Crippen molar-refractivity contribution in [1.29, 1.82) is 0 Å². The molecule has 0 aliphatic rings. The lowest BCUT2D eigenvalue weighted by Gasteiger charge is -2.19. The standard InChI is InChI=1S/C13H21NO2/c1-13(2,3)16-9-5-6-11-7-8-12(15-4)14-10-11/h7-8,10H,5-6,9H2,1-4H3. The van der Waals surface area contributed by atoms with Gasteiger partial charge in [-0.1, -0.05) is 6.07 Å². The molecule has 0 aliphatic carbocycles. The van der Waals surface area contributed by atoms with Crippen LogP contribution in [0.5, 0.6) is 5.88 Å². The molecule has 1 aromatic heterocycles. The first kappa shape index (κ1) is 13.0. The van der Waals surface area contributed by atoms with Crippen LogP contribution in [0.1, 0.15) is 32.8 Å². The van der Waals surface area contributed by atoms with Crippen LogP contribution >= 0.6 is 0 Å². The third kappa shape index (κ3) is 5.12. The summed E-state index contributed by atoms with van der Waals surface area (Å²) in [4.78, 5) is 4.16. The van der Waals surface area contributed by atoms with Gasteiger partial charge in [-0.25, -0.2) is 4.98 Å². The van der Waals surface area contributed by atoms with E-state index in [4.69, 9.17) is 9.47 Å². The summed E-state index contributed by atoms with van der Waals surface area (Å²) in [6.45, 7) is 7.00. The van der Waals surface area contributed by atoms with Crippen LogP contribution in [0.15, 0.2) is 18.3 Å². The molecule has 0 unspecified atom stereocenters. The van der Waals surface area contributed by atoms with Crippen molar-refractivity contribution in [3.63, 3.8) is 0 Å². The Hall–Kier alpha value is -1.09. The van der Waals surface area contributed by atoms with Crippen molar-refractivity contribution in [2.24, 2.45) is 0 Å². The van der Waals surface area contributed by atoms with Gasteiger partial charge in [0.25, 0.3) is 0 Å². The molecule has 0 amide bonds. The van der Waals surface area contributed by atoms with Gasteiger partial charge >= 0.3 is 0 Å². The molecule has 0 fully saturated rings. The number of pyridine rings is 1. The highest BCUT2D eigenvalue weighted by molar-refractivity contribution is 5.17. The maximum absolute atomic E-state index is 5.65. The summed E-state index contributed by atoms with van der Waals surface area (Å²) in [5.74, 6) is 0.662. The van der Waals surface area contributed by atoms with Crippen molar-refractivity contribution in [3.05, 3.63) is 23.9 Å². The van der Waals surface area contributed by atoms with E-state index in [0.29, 0.717) is 5.88 Å². The van der Waals surface area contributed by atoms with E-state index in [0.717, 1.165) is 19.4 Å². The van der Waals surface area contributed by atoms with Gasteiger partial charge in [0, 0.05) is 18.9 Å². The molecule has 1 rings (SSSR count). The van der Waals surface area contributed by atoms with Crippen molar-refractivity contribution in [2.45, 2.75) is 39.2 Å². The summed E-state index contributed by atoms with van der Waals surface area (Å²) < 4.78 is 10.7. The van der Waals surface area contributed by atoms with E-state index in [-0.39, 0.29) is 5.60 Å². The first-order valence-corrected chi connectivity index (χ1v) is 5.64. The number of rotatable bonds is 5. The Morgan fingerprint density at radius 1 is 1.25 bits per heavy atom. The lowest BCUT2D eigenvalue weighted by Crippen LogP contribution is -2.19. The minimum Gasteiger partial charge on any atom is -0.481 e. The number of ether oxygens (including phenoxy) is 2. The number of hydrogen-bond acceptors (Lipinski definition) is 3. The molecule has 0 saturated heterocycles. The van der Waals surface area contributed by atoms with Crippen molar-refractivity contribution < 1.29 is 9.47 Å². The second-order valence-corrected chi connectivity index (χ2v) is 4.77. The van der Waals surface area contributed by atoms with E-state index in [1.807, 2.05) is 18.3 Å². The summed E-state index contributed by atoms with van der Waals surface area (Å²) in [5.41, 5.74) is 1.18. The molecule has 0 aromatic carbocycles. The van der Waals surface area contributed by atoms with Crippen LogP contribution < -0.4 is 4.74 Å². The SMILES string of the molecule is COc1ccc(CCCOC(C)(C)C)cn1. The van der Waals surface area contributed by atoms with Gasteiger partial charge in [0.2, 0.25) is 5.88 Å². The molecule has 0 bridgehead atoms. The lowest BCUT2D eigenvalue weighted by molar-refractivity contribution is -0.00385. The van der Waals surface area contributed by atoms with Gasteiger partial charge in [-0.3, -0.25) is 0 Å². The maximum atomic E-state index is 5.65. The van der Waals surface area contributed by atoms with Gasteiger partial charge in [-0.15, -0.1) is 0 Å². The highest BCUT2D eigenvalue weighted by Crippen LogP contribution is 2.10. The van der Waals surface area contributed by atoms with Crippen LogP contribution in [-0.4, -0.2) is 24.3 Å². The molecule has 0 N–H and O–H groups in total. The van der Waals surface area contributed by atoms with Crippen molar-refractivity contribution >= 4 is 0 Å². The van der Waals surface area contributed by atoms with Gasteiger partial charge in [0.15, 0.2) is 0 Å². The molecule has 3 heteroatoms. The minimum absolute atomic E-state index is 0.0435. The summed E-state index contributed by atoms with van der Waals surface area (Å²) >= 11 is 0. The van der Waals surface area contributed by atoms with E-state index in [1.165, 1.54) is 5.56 Å². The molecule has 3 nitrogen and oxygen atoms in total. The van der Waals surface area contributed by atoms with Gasteiger partial charge < -0.3 is 9.47 Å². The average Bonchev–Trinajstić information content (AvgIpc) is 2.24. The van der Waals surface area contributed by atoms with Crippen molar-refractivity contribution in [3.8, 4) is 5.88 Å². The summed E-state index contributed by atoms with van der Waals surface area (Å²) in [7, 11) is 1.62. The van der Waals surface area contributed by atoms with Gasteiger partial charge in [0.05, 0.1) is 12.7 Å². The van der Waals surface area contributed by atoms with Crippen LogP contribution in [0.3, 0.4) is 0 Å². The van der Waals surface area contributed by atoms with Crippen molar-refractivity contribution in [2.75, 3.05) is 13.7 Å². The summed E-state index contributed by atoms with van der Waals surface area (Å²) in [6, 6.07) is 3.93. The highest BCUT2D eigenvalue weighted by Gasteiger charge is 2.08. The Balaban J connectivity index is 2.27. The normalized spacial score (nSPS) is 11.5. The van der Waals surface area contributed by atoms with Crippen LogP contribution in [0.25, 0.3) is 0 Å². The summed E-state index contributed by atoms with van der Waals surface area (Å²) in [6.07, 6.45) is 3.87. The third-order valence-electron chi connectivity index (χ3n) is 2.15. The maximum Gasteiger partial charge on any atom is 0.212 e. The van der Waals surface area contributed by atoms with Crippen LogP contribution in [0, 0.1) is 0 Å². The first-order chi connectivity index (χ1) is 7.51.